The standard InChI is InChI=1S/C28H32ClFNOPS/c1-4-6-26(25-16-15-24(34)17-27(25)33-5-2)31(18-32)28(21-7-11-22(29)12-8-21)19(3)20-9-13-23(30)14-10-20/h6-11,13-19,22,28,33-34H,4-5,12H2,1-3H3/b26-6+. The van der Waals surface area contributed by atoms with Gasteiger partial charge in [0.25, 0.3) is 0 Å². The third kappa shape index (κ3) is 6.42. The molecule has 2 nitrogen and oxygen atoms in total. The first kappa shape index (κ1) is 26.7. The molecule has 4 unspecified atom stereocenters. The molecule has 1 aliphatic carbocycles. The summed E-state index contributed by atoms with van der Waals surface area (Å²) in [6.07, 6.45) is 11.7. The number of allylic oxidation sites excluding steroid dienone is 3. The fourth-order valence-corrected chi connectivity index (χ4v) is 5.91. The summed E-state index contributed by atoms with van der Waals surface area (Å²) in [6.45, 7) is 6.33. The van der Waals surface area contributed by atoms with Gasteiger partial charge in [-0.3, -0.25) is 4.79 Å². The Kier molecular flexibility index (Phi) is 10.0. The molecule has 2 aromatic carbocycles. The summed E-state index contributed by atoms with van der Waals surface area (Å²) < 4.78 is 13.7. The van der Waals surface area contributed by atoms with Gasteiger partial charge in [-0.25, -0.2) is 4.39 Å². The summed E-state index contributed by atoms with van der Waals surface area (Å²) in [5.41, 5.74) is 3.95. The molecule has 0 heterocycles. The maximum absolute atomic E-state index is 13.7. The van der Waals surface area contributed by atoms with Crippen LogP contribution in [0.25, 0.3) is 5.70 Å². The number of halogens is 2. The molecule has 0 radical (unpaired) electrons. The van der Waals surface area contributed by atoms with Gasteiger partial charge >= 0.3 is 0 Å². The predicted molar refractivity (Wildman–Crippen MR) is 148 cm³/mol. The number of rotatable bonds is 10. The van der Waals surface area contributed by atoms with Crippen molar-refractivity contribution in [1.29, 1.82) is 0 Å². The van der Waals surface area contributed by atoms with Crippen molar-refractivity contribution >= 4 is 50.2 Å². The van der Waals surface area contributed by atoms with E-state index >= 15 is 0 Å². The van der Waals surface area contributed by atoms with Crippen LogP contribution in [0.1, 0.15) is 50.7 Å². The van der Waals surface area contributed by atoms with E-state index in [0.29, 0.717) is 15.0 Å². The second kappa shape index (κ2) is 12.7. The minimum absolute atomic E-state index is 0.0545. The van der Waals surface area contributed by atoms with E-state index in [0.717, 1.165) is 46.3 Å². The zero-order valence-electron chi connectivity index (χ0n) is 19.8. The number of hydrogen-bond acceptors (Lipinski definition) is 2. The van der Waals surface area contributed by atoms with E-state index < -0.39 is 0 Å². The zero-order valence-corrected chi connectivity index (χ0v) is 22.5. The van der Waals surface area contributed by atoms with Gasteiger partial charge in [-0.15, -0.1) is 24.2 Å². The van der Waals surface area contributed by atoms with E-state index in [1.54, 1.807) is 12.1 Å². The molecule has 4 atom stereocenters. The molecule has 1 aliphatic rings. The van der Waals surface area contributed by atoms with E-state index in [2.05, 4.69) is 57.7 Å². The van der Waals surface area contributed by atoms with Crippen LogP contribution in [0.2, 0.25) is 0 Å². The van der Waals surface area contributed by atoms with E-state index in [1.165, 1.54) is 17.4 Å². The smallest absolute Gasteiger partial charge is 0.214 e. The summed E-state index contributed by atoms with van der Waals surface area (Å²) in [6, 6.07) is 12.4. The number of amides is 1. The Morgan fingerprint density at radius 3 is 2.59 bits per heavy atom. The highest BCUT2D eigenvalue weighted by Gasteiger charge is 2.31. The van der Waals surface area contributed by atoms with E-state index in [9.17, 15) is 9.18 Å². The number of benzene rings is 2. The number of nitrogens with zero attached hydrogens (tertiary/aromatic N) is 1. The summed E-state index contributed by atoms with van der Waals surface area (Å²) in [7, 11) is 0.616. The summed E-state index contributed by atoms with van der Waals surface area (Å²) >= 11 is 10.9. The second-order valence-corrected chi connectivity index (χ2v) is 11.0. The van der Waals surface area contributed by atoms with Gasteiger partial charge in [0.15, 0.2) is 0 Å². The average Bonchev–Trinajstić information content (AvgIpc) is 2.83. The van der Waals surface area contributed by atoms with E-state index in [-0.39, 0.29) is 23.2 Å². The van der Waals surface area contributed by atoms with Crippen LogP contribution in [-0.4, -0.2) is 28.9 Å². The van der Waals surface area contributed by atoms with Gasteiger partial charge in [0.2, 0.25) is 6.41 Å². The Labute approximate surface area is 215 Å². The Bertz CT molecular complexity index is 1080. The SMILES string of the molecule is CC/C=C(\c1ccc(S)cc1PCC)N(C=O)C(C1=CCC(Cl)C=C1)C(C)c1ccc(F)cc1. The lowest BCUT2D eigenvalue weighted by atomic mass is 9.84. The van der Waals surface area contributed by atoms with Crippen LogP contribution in [0.5, 0.6) is 0 Å². The van der Waals surface area contributed by atoms with Crippen molar-refractivity contribution in [2.24, 2.45) is 0 Å². The maximum Gasteiger partial charge on any atom is 0.214 e. The van der Waals surface area contributed by atoms with Gasteiger partial charge in [0.05, 0.1) is 11.4 Å². The lowest BCUT2D eigenvalue weighted by Crippen LogP contribution is -2.39. The molecule has 180 valence electrons. The minimum atomic E-state index is -0.273. The van der Waals surface area contributed by atoms with Gasteiger partial charge in [-0.1, -0.05) is 71.9 Å². The normalized spacial score (nSPS) is 18.1. The van der Waals surface area contributed by atoms with Gasteiger partial charge in [0, 0.05) is 22.1 Å². The molecule has 34 heavy (non-hydrogen) atoms. The molecule has 3 rings (SSSR count). The van der Waals surface area contributed by atoms with Crippen LogP contribution in [-0.2, 0) is 4.79 Å². The molecule has 0 N–H and O–H groups in total. The molecule has 2 aromatic rings. The Balaban J connectivity index is 2.15. The number of alkyl halides is 1. The van der Waals surface area contributed by atoms with Crippen LogP contribution in [0.4, 0.5) is 4.39 Å². The monoisotopic (exact) mass is 515 g/mol. The first-order valence-electron chi connectivity index (χ1n) is 11.7. The topological polar surface area (TPSA) is 20.3 Å². The van der Waals surface area contributed by atoms with Crippen LogP contribution < -0.4 is 5.30 Å². The highest BCUT2D eigenvalue weighted by molar-refractivity contribution is 7.80. The molecular formula is C28H32ClFNOPS. The van der Waals surface area contributed by atoms with Crippen molar-refractivity contribution in [3.63, 3.8) is 0 Å². The first-order valence-corrected chi connectivity index (χ1v) is 13.8. The molecule has 0 bridgehead atoms. The van der Waals surface area contributed by atoms with Crippen LogP contribution in [0, 0.1) is 5.82 Å². The largest absolute Gasteiger partial charge is 0.307 e. The summed E-state index contributed by atoms with van der Waals surface area (Å²) in [5.74, 6) is -0.347. The van der Waals surface area contributed by atoms with Gasteiger partial charge in [0.1, 0.15) is 5.82 Å². The number of carbonyl (C=O) groups excluding carboxylic acids is 1. The fourth-order valence-electron chi connectivity index (χ4n) is 4.38. The van der Waals surface area contributed by atoms with Crippen LogP contribution >= 0.6 is 32.8 Å². The molecule has 0 fully saturated rings. The van der Waals surface area contributed by atoms with Crippen molar-refractivity contribution in [1.82, 2.24) is 4.90 Å². The average molecular weight is 516 g/mol. The molecular weight excluding hydrogens is 484 g/mol. The number of carbonyl (C=O) groups is 1. The summed E-state index contributed by atoms with van der Waals surface area (Å²) in [5, 5.41) is 1.14. The molecule has 0 saturated carbocycles. The van der Waals surface area contributed by atoms with Crippen LogP contribution in [0.15, 0.2) is 77.2 Å². The van der Waals surface area contributed by atoms with Gasteiger partial charge in [-0.2, -0.15) is 0 Å². The Morgan fingerprint density at radius 2 is 2.00 bits per heavy atom. The van der Waals surface area contributed by atoms with Crippen molar-refractivity contribution in [2.75, 3.05) is 6.16 Å². The summed E-state index contributed by atoms with van der Waals surface area (Å²) in [4.78, 5) is 15.6. The Hall–Kier alpha value is -1.87. The van der Waals surface area contributed by atoms with Crippen molar-refractivity contribution in [3.05, 3.63) is 89.3 Å². The highest BCUT2D eigenvalue weighted by atomic mass is 35.5. The molecule has 1 amide bonds. The molecule has 0 aliphatic heterocycles. The molecule has 0 saturated heterocycles. The third-order valence-corrected chi connectivity index (χ3v) is 7.77. The van der Waals surface area contributed by atoms with E-state index in [1.807, 2.05) is 23.1 Å². The Morgan fingerprint density at radius 1 is 1.26 bits per heavy atom. The van der Waals surface area contributed by atoms with Crippen molar-refractivity contribution in [3.8, 4) is 0 Å². The number of thiol groups is 1. The third-order valence-electron chi connectivity index (χ3n) is 6.02. The van der Waals surface area contributed by atoms with Gasteiger partial charge in [-0.05, 0) is 59.7 Å². The predicted octanol–water partition coefficient (Wildman–Crippen LogP) is 7.31. The quantitative estimate of drug-likeness (QED) is 0.152. The number of hydrogen-bond donors (Lipinski definition) is 1. The zero-order chi connectivity index (χ0) is 24.7. The molecule has 0 aromatic heterocycles. The van der Waals surface area contributed by atoms with Crippen LogP contribution in [0.3, 0.4) is 0 Å². The lowest BCUT2D eigenvalue weighted by Gasteiger charge is -2.37. The second-order valence-electron chi connectivity index (χ2n) is 8.37. The first-order chi connectivity index (χ1) is 16.4. The minimum Gasteiger partial charge on any atom is -0.307 e. The van der Waals surface area contributed by atoms with Crippen molar-refractivity contribution in [2.45, 2.75) is 55.8 Å². The molecule has 0 spiro atoms. The maximum atomic E-state index is 13.7. The van der Waals surface area contributed by atoms with Gasteiger partial charge < -0.3 is 4.90 Å². The van der Waals surface area contributed by atoms with E-state index in [4.69, 9.17) is 11.6 Å². The molecule has 6 heteroatoms. The lowest BCUT2D eigenvalue weighted by molar-refractivity contribution is -0.116. The highest BCUT2D eigenvalue weighted by Crippen LogP contribution is 2.36. The fraction of sp³-hybridized carbons (Fsp3) is 0.321. The van der Waals surface area contributed by atoms with Crippen molar-refractivity contribution < 1.29 is 9.18 Å².